The number of aromatic hydroxyl groups is 1. The molecule has 0 saturated carbocycles. The van der Waals surface area contributed by atoms with Gasteiger partial charge in [-0.1, -0.05) is 0 Å². The van der Waals surface area contributed by atoms with Crippen molar-refractivity contribution in [1.29, 1.82) is 0 Å². The third-order valence-electron chi connectivity index (χ3n) is 3.11. The number of hydrogen-bond donors (Lipinski definition) is 4. The SMILES string of the molecule is O=C(O)c1ccc(NC(=O)N2CCOC(CO)C2)cc1O. The van der Waals surface area contributed by atoms with Crippen LogP contribution in [0, 0.1) is 0 Å². The summed E-state index contributed by atoms with van der Waals surface area (Å²) < 4.78 is 5.24. The second-order valence-electron chi connectivity index (χ2n) is 4.59. The van der Waals surface area contributed by atoms with Gasteiger partial charge in [-0.2, -0.15) is 0 Å². The Balaban J connectivity index is 2.02. The molecule has 4 N–H and O–H groups in total. The Bertz CT molecular complexity index is 547. The number of carboxylic acid groups (broad SMARTS) is 1. The van der Waals surface area contributed by atoms with Gasteiger partial charge >= 0.3 is 12.0 Å². The van der Waals surface area contributed by atoms with Crippen LogP contribution in [0.3, 0.4) is 0 Å². The Labute approximate surface area is 120 Å². The molecule has 1 atom stereocenters. The van der Waals surface area contributed by atoms with Crippen LogP contribution in [-0.4, -0.2) is 64.6 Å². The standard InChI is InChI=1S/C13H16N2O6/c16-7-9-6-15(3-4-21-9)13(20)14-8-1-2-10(12(18)19)11(17)5-8/h1-2,5,9,16-17H,3-4,6-7H2,(H,14,20)(H,18,19). The van der Waals surface area contributed by atoms with Crippen LogP contribution >= 0.6 is 0 Å². The molecule has 1 aromatic carbocycles. The third-order valence-corrected chi connectivity index (χ3v) is 3.11. The van der Waals surface area contributed by atoms with Crippen molar-refractivity contribution in [3.63, 3.8) is 0 Å². The number of morpholine rings is 1. The number of amides is 2. The summed E-state index contributed by atoms with van der Waals surface area (Å²) in [6.45, 7) is 0.822. The van der Waals surface area contributed by atoms with Crippen molar-refractivity contribution in [2.75, 3.05) is 31.6 Å². The topological polar surface area (TPSA) is 119 Å². The maximum Gasteiger partial charge on any atom is 0.339 e. The fourth-order valence-corrected chi connectivity index (χ4v) is 2.01. The van der Waals surface area contributed by atoms with Crippen molar-refractivity contribution in [1.82, 2.24) is 4.90 Å². The molecular weight excluding hydrogens is 280 g/mol. The summed E-state index contributed by atoms with van der Waals surface area (Å²) in [5, 5.41) is 30.0. The normalized spacial score (nSPS) is 18.3. The van der Waals surface area contributed by atoms with Gasteiger partial charge in [0.05, 0.1) is 25.9 Å². The molecule has 0 aromatic heterocycles. The predicted molar refractivity (Wildman–Crippen MR) is 72.5 cm³/mol. The third kappa shape index (κ3) is 3.61. The Morgan fingerprint density at radius 2 is 2.19 bits per heavy atom. The Kier molecular flexibility index (Phi) is 4.61. The second kappa shape index (κ2) is 6.42. The van der Waals surface area contributed by atoms with E-state index in [9.17, 15) is 14.7 Å². The lowest BCUT2D eigenvalue weighted by atomic mass is 10.2. The Morgan fingerprint density at radius 1 is 1.43 bits per heavy atom. The molecule has 1 aromatic rings. The Hall–Kier alpha value is -2.32. The number of urea groups is 1. The first-order valence-electron chi connectivity index (χ1n) is 6.36. The molecule has 0 aliphatic carbocycles. The highest BCUT2D eigenvalue weighted by molar-refractivity contribution is 5.94. The molecule has 0 radical (unpaired) electrons. The number of carboxylic acids is 1. The second-order valence-corrected chi connectivity index (χ2v) is 4.59. The van der Waals surface area contributed by atoms with Crippen LogP contribution in [0.2, 0.25) is 0 Å². The Morgan fingerprint density at radius 3 is 2.81 bits per heavy atom. The summed E-state index contributed by atoms with van der Waals surface area (Å²) in [7, 11) is 0. The minimum atomic E-state index is -1.25. The number of aromatic carboxylic acids is 1. The van der Waals surface area contributed by atoms with Crippen LogP contribution in [0.5, 0.6) is 5.75 Å². The molecule has 1 aliphatic rings. The molecule has 1 heterocycles. The van der Waals surface area contributed by atoms with E-state index in [1.54, 1.807) is 0 Å². The molecule has 2 rings (SSSR count). The zero-order valence-corrected chi connectivity index (χ0v) is 11.2. The van der Waals surface area contributed by atoms with Crippen molar-refractivity contribution in [2.45, 2.75) is 6.10 Å². The number of carbonyl (C=O) groups excluding carboxylic acids is 1. The highest BCUT2D eigenvalue weighted by Crippen LogP contribution is 2.22. The first-order chi connectivity index (χ1) is 10.0. The number of carbonyl (C=O) groups is 2. The highest BCUT2D eigenvalue weighted by atomic mass is 16.5. The van der Waals surface area contributed by atoms with Crippen molar-refractivity contribution < 1.29 is 29.6 Å². The van der Waals surface area contributed by atoms with Crippen LogP contribution in [-0.2, 0) is 4.74 Å². The molecule has 0 spiro atoms. The van der Waals surface area contributed by atoms with Crippen molar-refractivity contribution in [3.05, 3.63) is 23.8 Å². The maximum atomic E-state index is 12.0. The number of rotatable bonds is 3. The van der Waals surface area contributed by atoms with Gasteiger partial charge in [0, 0.05) is 18.3 Å². The van der Waals surface area contributed by atoms with Crippen molar-refractivity contribution >= 4 is 17.7 Å². The van der Waals surface area contributed by atoms with Gasteiger partial charge in [-0.3, -0.25) is 0 Å². The average Bonchev–Trinajstić information content (AvgIpc) is 2.47. The van der Waals surface area contributed by atoms with Gasteiger partial charge in [0.1, 0.15) is 11.3 Å². The van der Waals surface area contributed by atoms with E-state index >= 15 is 0 Å². The zero-order valence-electron chi connectivity index (χ0n) is 11.2. The smallest absolute Gasteiger partial charge is 0.339 e. The lowest BCUT2D eigenvalue weighted by molar-refractivity contribution is -0.0388. The van der Waals surface area contributed by atoms with E-state index in [-0.39, 0.29) is 24.4 Å². The summed E-state index contributed by atoms with van der Waals surface area (Å²) in [5.41, 5.74) is 0.0502. The molecule has 8 nitrogen and oxygen atoms in total. The quantitative estimate of drug-likeness (QED) is 0.637. The van der Waals surface area contributed by atoms with Gasteiger partial charge in [0.25, 0.3) is 0 Å². The fraction of sp³-hybridized carbons (Fsp3) is 0.385. The van der Waals surface area contributed by atoms with Crippen molar-refractivity contribution in [2.24, 2.45) is 0 Å². The molecule has 114 valence electrons. The number of aliphatic hydroxyl groups is 1. The molecular formula is C13H16N2O6. The lowest BCUT2D eigenvalue weighted by Crippen LogP contribution is -2.48. The predicted octanol–water partition coefficient (Wildman–Crippen LogP) is 0.315. The molecule has 0 bridgehead atoms. The van der Waals surface area contributed by atoms with Crippen LogP contribution in [0.1, 0.15) is 10.4 Å². The number of phenols is 1. The molecule has 8 heteroatoms. The number of hydrogen-bond acceptors (Lipinski definition) is 5. The van der Waals surface area contributed by atoms with Gasteiger partial charge in [-0.05, 0) is 12.1 Å². The lowest BCUT2D eigenvalue weighted by Gasteiger charge is -2.32. The minimum absolute atomic E-state index is 0.169. The summed E-state index contributed by atoms with van der Waals surface area (Å²) >= 11 is 0. The van der Waals surface area contributed by atoms with Gasteiger partial charge in [0.15, 0.2) is 0 Å². The molecule has 1 saturated heterocycles. The first-order valence-corrected chi connectivity index (χ1v) is 6.36. The number of ether oxygens (including phenoxy) is 1. The number of anilines is 1. The van der Waals surface area contributed by atoms with Crippen LogP contribution in [0.25, 0.3) is 0 Å². The summed E-state index contributed by atoms with van der Waals surface area (Å²) in [6, 6.07) is 3.37. The molecule has 21 heavy (non-hydrogen) atoms. The first kappa shape index (κ1) is 15.1. The maximum absolute atomic E-state index is 12.0. The van der Waals surface area contributed by atoms with Crippen molar-refractivity contribution in [3.8, 4) is 5.75 Å². The minimum Gasteiger partial charge on any atom is -0.507 e. The van der Waals surface area contributed by atoms with Crippen LogP contribution < -0.4 is 5.32 Å². The highest BCUT2D eigenvalue weighted by Gasteiger charge is 2.23. The summed E-state index contributed by atoms with van der Waals surface area (Å²) in [5.74, 6) is -1.67. The largest absolute Gasteiger partial charge is 0.507 e. The van der Waals surface area contributed by atoms with E-state index in [0.29, 0.717) is 13.2 Å². The number of nitrogens with one attached hydrogen (secondary N) is 1. The van der Waals surface area contributed by atoms with Crippen LogP contribution in [0.15, 0.2) is 18.2 Å². The fourth-order valence-electron chi connectivity index (χ4n) is 2.01. The molecule has 1 unspecified atom stereocenters. The summed E-state index contributed by atoms with van der Waals surface area (Å²) in [6.07, 6.45) is -0.410. The van der Waals surface area contributed by atoms with Gasteiger partial charge in [-0.15, -0.1) is 0 Å². The molecule has 1 aliphatic heterocycles. The molecule has 1 fully saturated rings. The average molecular weight is 296 g/mol. The number of benzene rings is 1. The van der Waals surface area contributed by atoms with Crippen LogP contribution in [0.4, 0.5) is 10.5 Å². The number of aliphatic hydroxyl groups excluding tert-OH is 1. The van der Waals surface area contributed by atoms with E-state index in [0.717, 1.165) is 0 Å². The van der Waals surface area contributed by atoms with E-state index in [1.165, 1.54) is 23.1 Å². The zero-order chi connectivity index (χ0) is 15.4. The monoisotopic (exact) mass is 296 g/mol. The van der Waals surface area contributed by atoms with Gasteiger partial charge < -0.3 is 30.3 Å². The van der Waals surface area contributed by atoms with Gasteiger partial charge in [-0.25, -0.2) is 9.59 Å². The van der Waals surface area contributed by atoms with E-state index < -0.39 is 23.9 Å². The van der Waals surface area contributed by atoms with E-state index in [4.69, 9.17) is 14.9 Å². The number of nitrogens with zero attached hydrogens (tertiary/aromatic N) is 1. The molecule has 2 amide bonds. The van der Waals surface area contributed by atoms with E-state index in [2.05, 4.69) is 5.32 Å². The van der Waals surface area contributed by atoms with Gasteiger partial charge in [0.2, 0.25) is 0 Å². The van der Waals surface area contributed by atoms with E-state index in [1.807, 2.05) is 0 Å². The summed E-state index contributed by atoms with van der Waals surface area (Å²) in [4.78, 5) is 24.3.